The highest BCUT2D eigenvalue weighted by atomic mass is 16.5. The Morgan fingerprint density at radius 3 is 3.00 bits per heavy atom. The van der Waals surface area contributed by atoms with Crippen LogP contribution in [-0.2, 0) is 14.3 Å². The van der Waals surface area contributed by atoms with Crippen LogP contribution in [0, 0.1) is 0 Å². The van der Waals surface area contributed by atoms with Crippen LogP contribution in [-0.4, -0.2) is 61.6 Å². The van der Waals surface area contributed by atoms with Crippen molar-refractivity contribution in [2.45, 2.75) is 25.5 Å². The SMILES string of the molecule is CCC1C(=O)NCCN1C(=O)C1CNCCO1. The van der Waals surface area contributed by atoms with E-state index in [1.54, 1.807) is 4.90 Å². The number of amides is 2. The van der Waals surface area contributed by atoms with Crippen molar-refractivity contribution in [3.8, 4) is 0 Å². The number of nitrogens with one attached hydrogen (secondary N) is 2. The Balaban J connectivity index is 2.03. The van der Waals surface area contributed by atoms with Gasteiger partial charge < -0.3 is 20.3 Å². The van der Waals surface area contributed by atoms with Gasteiger partial charge in [0.05, 0.1) is 6.61 Å². The van der Waals surface area contributed by atoms with Crippen molar-refractivity contribution in [1.29, 1.82) is 0 Å². The molecule has 0 spiro atoms. The normalized spacial score (nSPS) is 29.9. The number of hydrogen-bond acceptors (Lipinski definition) is 4. The zero-order chi connectivity index (χ0) is 12.3. The molecule has 2 saturated heterocycles. The van der Waals surface area contributed by atoms with Crippen LogP contribution in [0.4, 0.5) is 0 Å². The van der Waals surface area contributed by atoms with Crippen molar-refractivity contribution in [3.05, 3.63) is 0 Å². The highest BCUT2D eigenvalue weighted by molar-refractivity contribution is 5.90. The van der Waals surface area contributed by atoms with E-state index in [1.807, 2.05) is 6.92 Å². The molecule has 96 valence electrons. The predicted octanol–water partition coefficient (Wildman–Crippen LogP) is -1.29. The van der Waals surface area contributed by atoms with Crippen LogP contribution < -0.4 is 10.6 Å². The number of rotatable bonds is 2. The van der Waals surface area contributed by atoms with Crippen molar-refractivity contribution in [1.82, 2.24) is 15.5 Å². The number of carbonyl (C=O) groups is 2. The van der Waals surface area contributed by atoms with Crippen molar-refractivity contribution in [3.63, 3.8) is 0 Å². The number of ether oxygens (including phenoxy) is 1. The quantitative estimate of drug-likeness (QED) is 0.631. The molecule has 2 aliphatic rings. The summed E-state index contributed by atoms with van der Waals surface area (Å²) in [6.07, 6.45) is 0.196. The molecule has 0 saturated carbocycles. The van der Waals surface area contributed by atoms with E-state index in [0.717, 1.165) is 6.54 Å². The summed E-state index contributed by atoms with van der Waals surface area (Å²) in [6.45, 7) is 4.88. The predicted molar refractivity (Wildman–Crippen MR) is 61.4 cm³/mol. The maximum Gasteiger partial charge on any atom is 0.253 e. The maximum atomic E-state index is 12.2. The number of piperazine rings is 1. The van der Waals surface area contributed by atoms with Gasteiger partial charge in [0.2, 0.25) is 5.91 Å². The second kappa shape index (κ2) is 5.46. The van der Waals surface area contributed by atoms with Gasteiger partial charge in [-0.1, -0.05) is 6.92 Å². The average molecular weight is 241 g/mol. The van der Waals surface area contributed by atoms with E-state index < -0.39 is 6.10 Å². The van der Waals surface area contributed by atoms with E-state index in [0.29, 0.717) is 32.7 Å². The molecule has 0 aromatic carbocycles. The fourth-order valence-electron chi connectivity index (χ4n) is 2.29. The third kappa shape index (κ3) is 2.58. The van der Waals surface area contributed by atoms with Crippen LogP contribution in [0.2, 0.25) is 0 Å². The van der Waals surface area contributed by atoms with Crippen molar-refractivity contribution in [2.75, 3.05) is 32.8 Å². The van der Waals surface area contributed by atoms with Crippen molar-refractivity contribution in [2.24, 2.45) is 0 Å². The van der Waals surface area contributed by atoms with Gasteiger partial charge in [-0.15, -0.1) is 0 Å². The first-order valence-electron chi connectivity index (χ1n) is 6.14. The lowest BCUT2D eigenvalue weighted by Crippen LogP contribution is -2.60. The largest absolute Gasteiger partial charge is 0.366 e. The zero-order valence-corrected chi connectivity index (χ0v) is 10.1. The van der Waals surface area contributed by atoms with E-state index in [1.165, 1.54) is 0 Å². The summed E-state index contributed by atoms with van der Waals surface area (Å²) >= 11 is 0. The molecule has 0 radical (unpaired) electrons. The molecule has 2 fully saturated rings. The Labute approximate surface area is 101 Å². The lowest BCUT2D eigenvalue weighted by Gasteiger charge is -2.37. The lowest BCUT2D eigenvalue weighted by molar-refractivity contribution is -0.153. The van der Waals surface area contributed by atoms with Crippen LogP contribution in [0.25, 0.3) is 0 Å². The Morgan fingerprint density at radius 1 is 1.53 bits per heavy atom. The fourth-order valence-corrected chi connectivity index (χ4v) is 2.29. The van der Waals surface area contributed by atoms with Gasteiger partial charge in [-0.25, -0.2) is 0 Å². The van der Waals surface area contributed by atoms with E-state index >= 15 is 0 Å². The Morgan fingerprint density at radius 2 is 2.35 bits per heavy atom. The molecule has 0 aromatic rings. The second-order valence-corrected chi connectivity index (χ2v) is 4.31. The van der Waals surface area contributed by atoms with Crippen LogP contribution >= 0.6 is 0 Å². The van der Waals surface area contributed by atoms with Gasteiger partial charge in [-0.05, 0) is 6.42 Å². The van der Waals surface area contributed by atoms with Gasteiger partial charge in [0, 0.05) is 26.2 Å². The average Bonchev–Trinajstić information content (AvgIpc) is 2.38. The van der Waals surface area contributed by atoms with Crippen LogP contribution in [0.15, 0.2) is 0 Å². The molecule has 0 bridgehead atoms. The van der Waals surface area contributed by atoms with E-state index in [-0.39, 0.29) is 17.9 Å². The first-order valence-corrected chi connectivity index (χ1v) is 6.14. The molecule has 17 heavy (non-hydrogen) atoms. The molecule has 2 aliphatic heterocycles. The van der Waals surface area contributed by atoms with Crippen LogP contribution in [0.5, 0.6) is 0 Å². The summed E-state index contributed by atoms with van der Waals surface area (Å²) in [4.78, 5) is 25.6. The summed E-state index contributed by atoms with van der Waals surface area (Å²) in [5.74, 6) is -0.130. The van der Waals surface area contributed by atoms with E-state index in [9.17, 15) is 9.59 Å². The summed E-state index contributed by atoms with van der Waals surface area (Å²) in [6, 6.07) is -0.346. The third-order valence-corrected chi connectivity index (χ3v) is 3.20. The molecule has 2 heterocycles. The molecule has 2 unspecified atom stereocenters. The first-order chi connectivity index (χ1) is 8.24. The number of hydrogen-bond donors (Lipinski definition) is 2. The summed E-state index contributed by atoms with van der Waals surface area (Å²) in [7, 11) is 0. The Kier molecular flexibility index (Phi) is 3.96. The van der Waals surface area contributed by atoms with Gasteiger partial charge in [0.15, 0.2) is 0 Å². The summed E-state index contributed by atoms with van der Waals surface area (Å²) in [5, 5.41) is 5.91. The van der Waals surface area contributed by atoms with Gasteiger partial charge in [-0.3, -0.25) is 9.59 Å². The lowest BCUT2D eigenvalue weighted by atomic mass is 10.1. The fraction of sp³-hybridized carbons (Fsp3) is 0.818. The molecule has 0 aromatic heterocycles. The van der Waals surface area contributed by atoms with E-state index in [4.69, 9.17) is 4.74 Å². The van der Waals surface area contributed by atoms with Crippen LogP contribution in [0.1, 0.15) is 13.3 Å². The van der Waals surface area contributed by atoms with Gasteiger partial charge in [0.25, 0.3) is 5.91 Å². The van der Waals surface area contributed by atoms with Gasteiger partial charge in [-0.2, -0.15) is 0 Å². The monoisotopic (exact) mass is 241 g/mol. The minimum Gasteiger partial charge on any atom is -0.366 e. The highest BCUT2D eigenvalue weighted by Gasteiger charge is 2.35. The first kappa shape index (κ1) is 12.3. The highest BCUT2D eigenvalue weighted by Crippen LogP contribution is 2.12. The molecular weight excluding hydrogens is 222 g/mol. The molecule has 6 heteroatoms. The van der Waals surface area contributed by atoms with Gasteiger partial charge >= 0.3 is 0 Å². The topological polar surface area (TPSA) is 70.7 Å². The van der Waals surface area contributed by atoms with Crippen LogP contribution in [0.3, 0.4) is 0 Å². The number of carbonyl (C=O) groups excluding carboxylic acids is 2. The second-order valence-electron chi connectivity index (χ2n) is 4.31. The molecule has 2 amide bonds. The summed E-state index contributed by atoms with van der Waals surface area (Å²) in [5.41, 5.74) is 0. The van der Waals surface area contributed by atoms with Crippen molar-refractivity contribution >= 4 is 11.8 Å². The Bertz CT molecular complexity index is 302. The van der Waals surface area contributed by atoms with E-state index in [2.05, 4.69) is 10.6 Å². The molecule has 6 nitrogen and oxygen atoms in total. The standard InChI is InChI=1S/C11H19N3O3/c1-2-8-10(15)13-3-5-14(8)11(16)9-7-12-4-6-17-9/h8-9,12H,2-7H2,1H3,(H,13,15). The smallest absolute Gasteiger partial charge is 0.253 e. The molecule has 2 N–H and O–H groups in total. The third-order valence-electron chi connectivity index (χ3n) is 3.20. The minimum atomic E-state index is -0.441. The summed E-state index contributed by atoms with van der Waals surface area (Å²) < 4.78 is 5.44. The zero-order valence-electron chi connectivity index (χ0n) is 10.1. The number of nitrogens with zero attached hydrogens (tertiary/aromatic N) is 1. The Hall–Kier alpha value is -1.14. The molecular formula is C11H19N3O3. The molecule has 2 atom stereocenters. The van der Waals surface area contributed by atoms with Crippen molar-refractivity contribution < 1.29 is 14.3 Å². The maximum absolute atomic E-state index is 12.2. The molecule has 0 aliphatic carbocycles. The van der Waals surface area contributed by atoms with Gasteiger partial charge in [0.1, 0.15) is 12.1 Å². The molecule has 2 rings (SSSR count). The number of morpholine rings is 1. The minimum absolute atomic E-state index is 0.0594.